The molecule has 102 valence electrons. The zero-order valence-electron chi connectivity index (χ0n) is 10.6. The van der Waals surface area contributed by atoms with E-state index < -0.39 is 0 Å². The predicted octanol–water partition coefficient (Wildman–Crippen LogP) is 3.18. The minimum atomic E-state index is -0.0850. The van der Waals surface area contributed by atoms with E-state index in [1.54, 1.807) is 7.05 Å². The molecule has 0 unspecified atom stereocenters. The van der Waals surface area contributed by atoms with Crippen LogP contribution >= 0.6 is 34.5 Å². The molecule has 0 saturated heterocycles. The Kier molecular flexibility index (Phi) is 4.79. The Hall–Kier alpha value is -1.11. The molecule has 2 rings (SSSR count). The van der Waals surface area contributed by atoms with Gasteiger partial charge in [-0.1, -0.05) is 11.6 Å². The molecule has 0 radical (unpaired) electrons. The maximum atomic E-state index is 12.1. The van der Waals surface area contributed by atoms with E-state index >= 15 is 0 Å². The molecule has 1 amide bonds. The van der Waals surface area contributed by atoms with Crippen LogP contribution in [0.4, 0.5) is 5.00 Å². The zero-order chi connectivity index (χ0) is 13.8. The van der Waals surface area contributed by atoms with Crippen molar-refractivity contribution >= 4 is 45.4 Å². The molecule has 2 heterocycles. The van der Waals surface area contributed by atoms with Gasteiger partial charge in [0.2, 0.25) is 0 Å². The Balaban J connectivity index is 1.92. The average Bonchev–Trinajstić information content (AvgIpc) is 2.95. The number of thiophene rings is 1. The van der Waals surface area contributed by atoms with Crippen molar-refractivity contribution in [1.29, 1.82) is 0 Å². The van der Waals surface area contributed by atoms with Crippen LogP contribution in [0.1, 0.15) is 20.9 Å². The highest BCUT2D eigenvalue weighted by atomic mass is 35.5. The highest BCUT2D eigenvalue weighted by Crippen LogP contribution is 2.24. The van der Waals surface area contributed by atoms with E-state index in [9.17, 15) is 4.79 Å². The van der Waals surface area contributed by atoms with Crippen LogP contribution in [0.25, 0.3) is 0 Å². The summed E-state index contributed by atoms with van der Waals surface area (Å²) in [7, 11) is 1.79. The van der Waals surface area contributed by atoms with Gasteiger partial charge in [-0.05, 0) is 37.0 Å². The van der Waals surface area contributed by atoms with Crippen LogP contribution < -0.4 is 10.6 Å². The summed E-state index contributed by atoms with van der Waals surface area (Å²) in [5.41, 5.74) is 1.39. The van der Waals surface area contributed by atoms with E-state index in [0.717, 1.165) is 21.5 Å². The Morgan fingerprint density at radius 2 is 2.26 bits per heavy atom. The normalized spacial score (nSPS) is 10.5. The molecular formula is C12H14ClN3OS2. The van der Waals surface area contributed by atoms with Crippen molar-refractivity contribution < 1.29 is 4.79 Å². The summed E-state index contributed by atoms with van der Waals surface area (Å²) in [5, 5.41) is 6.70. The zero-order valence-corrected chi connectivity index (χ0v) is 13.0. The van der Waals surface area contributed by atoms with Crippen LogP contribution in [0.5, 0.6) is 0 Å². The molecule has 0 atom stereocenters. The van der Waals surface area contributed by atoms with Crippen molar-refractivity contribution in [1.82, 2.24) is 9.69 Å². The Morgan fingerprint density at radius 3 is 2.89 bits per heavy atom. The number of aromatic nitrogens is 1. The Morgan fingerprint density at radius 1 is 1.47 bits per heavy atom. The fourth-order valence-corrected chi connectivity index (χ4v) is 3.51. The van der Waals surface area contributed by atoms with E-state index in [1.165, 1.54) is 27.7 Å². The molecule has 0 spiro atoms. The van der Waals surface area contributed by atoms with Gasteiger partial charge in [0, 0.05) is 18.5 Å². The van der Waals surface area contributed by atoms with Crippen LogP contribution in [-0.2, 0) is 6.42 Å². The lowest BCUT2D eigenvalue weighted by molar-refractivity contribution is 0.0954. The standard InChI is InChI=1S/C12H14ClN3OS2/c1-7-10(12(14-2)19-16-7)11(17)15-6-5-8-3-4-9(13)18-8/h3-4,14H,5-6H2,1-2H3,(H,15,17). The first-order valence-corrected chi connectivity index (χ1v) is 7.75. The van der Waals surface area contributed by atoms with Crippen LogP contribution in [-0.4, -0.2) is 23.9 Å². The lowest BCUT2D eigenvalue weighted by atomic mass is 10.2. The number of nitrogens with zero attached hydrogens (tertiary/aromatic N) is 1. The van der Waals surface area contributed by atoms with Gasteiger partial charge in [-0.15, -0.1) is 11.3 Å². The molecule has 0 aliphatic heterocycles. The third-order valence-corrected chi connectivity index (χ3v) is 4.85. The molecule has 0 aliphatic rings. The van der Waals surface area contributed by atoms with E-state index in [4.69, 9.17) is 11.6 Å². The fraction of sp³-hybridized carbons (Fsp3) is 0.333. The first-order valence-electron chi connectivity index (χ1n) is 5.78. The summed E-state index contributed by atoms with van der Waals surface area (Å²) in [6, 6.07) is 3.85. The van der Waals surface area contributed by atoms with E-state index in [-0.39, 0.29) is 5.91 Å². The molecule has 7 heteroatoms. The van der Waals surface area contributed by atoms with Gasteiger partial charge in [-0.25, -0.2) is 0 Å². The molecule has 19 heavy (non-hydrogen) atoms. The highest BCUT2D eigenvalue weighted by Gasteiger charge is 2.17. The summed E-state index contributed by atoms with van der Waals surface area (Å²) < 4.78 is 4.96. The largest absolute Gasteiger partial charge is 0.378 e. The molecule has 4 nitrogen and oxygen atoms in total. The van der Waals surface area contributed by atoms with E-state index in [0.29, 0.717) is 12.1 Å². The smallest absolute Gasteiger partial charge is 0.256 e. The van der Waals surface area contributed by atoms with Gasteiger partial charge in [0.1, 0.15) is 5.00 Å². The number of anilines is 1. The minimum absolute atomic E-state index is 0.0850. The Bertz CT molecular complexity index is 579. The van der Waals surface area contributed by atoms with E-state index in [2.05, 4.69) is 15.0 Å². The van der Waals surface area contributed by atoms with Crippen molar-refractivity contribution in [3.8, 4) is 0 Å². The van der Waals surface area contributed by atoms with Crippen LogP contribution in [0.3, 0.4) is 0 Å². The monoisotopic (exact) mass is 315 g/mol. The Labute approximate surface area is 125 Å². The number of hydrogen-bond acceptors (Lipinski definition) is 5. The first kappa shape index (κ1) is 14.3. The van der Waals surface area contributed by atoms with Crippen LogP contribution in [0.2, 0.25) is 4.34 Å². The van der Waals surface area contributed by atoms with Gasteiger partial charge in [-0.3, -0.25) is 4.79 Å². The van der Waals surface area contributed by atoms with Crippen LogP contribution in [0, 0.1) is 6.92 Å². The summed E-state index contributed by atoms with van der Waals surface area (Å²) in [6.45, 7) is 2.43. The van der Waals surface area contributed by atoms with Gasteiger partial charge < -0.3 is 10.6 Å². The first-order chi connectivity index (χ1) is 9.11. The summed E-state index contributed by atoms with van der Waals surface area (Å²) >= 11 is 8.70. The molecule has 0 aliphatic carbocycles. The molecule has 0 bridgehead atoms. The second kappa shape index (κ2) is 6.36. The third-order valence-electron chi connectivity index (χ3n) is 2.60. The molecule has 0 saturated carbocycles. The minimum Gasteiger partial charge on any atom is -0.378 e. The van der Waals surface area contributed by atoms with Crippen molar-refractivity contribution in [3.05, 3.63) is 32.6 Å². The number of carbonyl (C=O) groups excluding carboxylic acids is 1. The second-order valence-corrected chi connectivity index (χ2v) is 6.51. The number of rotatable bonds is 5. The second-order valence-electron chi connectivity index (χ2n) is 3.93. The van der Waals surface area contributed by atoms with Crippen LogP contribution in [0.15, 0.2) is 12.1 Å². The van der Waals surface area contributed by atoms with Crippen molar-refractivity contribution in [3.63, 3.8) is 0 Å². The topological polar surface area (TPSA) is 54.0 Å². The average molecular weight is 316 g/mol. The summed E-state index contributed by atoms with van der Waals surface area (Å²) in [4.78, 5) is 13.3. The number of amides is 1. The molecule has 0 fully saturated rings. The lowest BCUT2D eigenvalue weighted by Gasteiger charge is -2.05. The van der Waals surface area contributed by atoms with Crippen molar-refractivity contribution in [2.75, 3.05) is 18.9 Å². The highest BCUT2D eigenvalue weighted by molar-refractivity contribution is 7.16. The van der Waals surface area contributed by atoms with Gasteiger partial charge in [-0.2, -0.15) is 4.37 Å². The lowest BCUT2D eigenvalue weighted by Crippen LogP contribution is -2.26. The fourth-order valence-electron chi connectivity index (χ4n) is 1.68. The number of halogens is 1. The third kappa shape index (κ3) is 3.46. The predicted molar refractivity (Wildman–Crippen MR) is 81.8 cm³/mol. The SMILES string of the molecule is CNc1snc(C)c1C(=O)NCCc1ccc(Cl)s1. The molecule has 2 aromatic rings. The van der Waals surface area contributed by atoms with Crippen molar-refractivity contribution in [2.24, 2.45) is 0 Å². The van der Waals surface area contributed by atoms with Gasteiger partial charge >= 0.3 is 0 Å². The summed E-state index contributed by atoms with van der Waals surface area (Å²) in [6.07, 6.45) is 0.786. The van der Waals surface area contributed by atoms with Crippen molar-refractivity contribution in [2.45, 2.75) is 13.3 Å². The quantitative estimate of drug-likeness (QED) is 0.891. The number of aryl methyl sites for hydroxylation is 1. The summed E-state index contributed by atoms with van der Waals surface area (Å²) in [5.74, 6) is -0.0850. The number of carbonyl (C=O) groups is 1. The molecule has 2 N–H and O–H groups in total. The maximum absolute atomic E-state index is 12.1. The maximum Gasteiger partial charge on any atom is 0.256 e. The van der Waals surface area contributed by atoms with Gasteiger partial charge in [0.25, 0.3) is 5.91 Å². The molecule has 2 aromatic heterocycles. The molecule has 0 aromatic carbocycles. The van der Waals surface area contributed by atoms with Gasteiger partial charge in [0.05, 0.1) is 15.6 Å². The molecular weight excluding hydrogens is 302 g/mol. The van der Waals surface area contributed by atoms with Gasteiger partial charge in [0.15, 0.2) is 0 Å². The number of hydrogen-bond donors (Lipinski definition) is 2. The number of nitrogens with one attached hydrogen (secondary N) is 2. The van der Waals surface area contributed by atoms with E-state index in [1.807, 2.05) is 19.1 Å².